The molecule has 148 valence electrons. The van der Waals surface area contributed by atoms with Crippen molar-refractivity contribution in [2.24, 2.45) is 0 Å². The fraction of sp³-hybridized carbons (Fsp3) is 0.182. The van der Waals surface area contributed by atoms with Crippen LogP contribution in [-0.4, -0.2) is 46.4 Å². The number of nitrogens with one attached hydrogen (secondary N) is 3. The van der Waals surface area contributed by atoms with Gasteiger partial charge in [-0.3, -0.25) is 9.97 Å². The minimum Gasteiger partial charge on any atom is -0.508 e. The van der Waals surface area contributed by atoms with Crippen LogP contribution in [0.5, 0.6) is 11.5 Å². The summed E-state index contributed by atoms with van der Waals surface area (Å²) in [6.45, 7) is 3.18. The number of hydrogen-bond acceptors (Lipinski definition) is 7. The van der Waals surface area contributed by atoms with Crippen molar-refractivity contribution in [3.05, 3.63) is 60.9 Å². The van der Waals surface area contributed by atoms with Crippen LogP contribution in [0, 0.1) is 0 Å². The first-order valence-electron chi connectivity index (χ1n) is 9.55. The number of aromatic hydroxyl groups is 2. The van der Waals surface area contributed by atoms with Gasteiger partial charge in [0.15, 0.2) is 0 Å². The zero-order valence-electron chi connectivity index (χ0n) is 15.9. The number of hydrogen-bond donors (Lipinski definition) is 5. The van der Waals surface area contributed by atoms with E-state index in [2.05, 4.69) is 25.9 Å². The highest BCUT2D eigenvalue weighted by atomic mass is 16.3. The first-order chi connectivity index (χ1) is 14.2. The largest absolute Gasteiger partial charge is 0.508 e. The Bertz CT molecular complexity index is 1040. The molecule has 0 saturated heterocycles. The van der Waals surface area contributed by atoms with Gasteiger partial charge in [0.1, 0.15) is 11.5 Å². The molecule has 5 N–H and O–H groups in total. The van der Waals surface area contributed by atoms with Crippen molar-refractivity contribution in [3.8, 4) is 11.5 Å². The highest BCUT2D eigenvalue weighted by Crippen LogP contribution is 2.25. The van der Waals surface area contributed by atoms with E-state index in [-0.39, 0.29) is 11.5 Å². The van der Waals surface area contributed by atoms with Crippen molar-refractivity contribution < 1.29 is 10.2 Å². The molecule has 0 bridgehead atoms. The van der Waals surface area contributed by atoms with Crippen LogP contribution in [0.25, 0.3) is 21.8 Å². The van der Waals surface area contributed by atoms with Crippen LogP contribution in [0.15, 0.2) is 60.9 Å². The highest BCUT2D eigenvalue weighted by Gasteiger charge is 2.03. The molecule has 2 aromatic heterocycles. The number of nitrogens with zero attached hydrogens (tertiary/aromatic N) is 2. The summed E-state index contributed by atoms with van der Waals surface area (Å²) in [4.78, 5) is 8.57. The molecule has 0 atom stereocenters. The third-order valence-corrected chi connectivity index (χ3v) is 4.69. The number of anilines is 2. The Balaban J connectivity index is 1.23. The summed E-state index contributed by atoms with van der Waals surface area (Å²) in [5.41, 5.74) is 3.54. The summed E-state index contributed by atoms with van der Waals surface area (Å²) in [7, 11) is 0. The van der Waals surface area contributed by atoms with E-state index in [1.54, 1.807) is 36.7 Å². The Morgan fingerprint density at radius 3 is 1.59 bits per heavy atom. The lowest BCUT2D eigenvalue weighted by Crippen LogP contribution is -2.27. The second kappa shape index (κ2) is 8.62. The Morgan fingerprint density at radius 2 is 1.10 bits per heavy atom. The van der Waals surface area contributed by atoms with E-state index >= 15 is 0 Å². The van der Waals surface area contributed by atoms with E-state index in [0.717, 1.165) is 59.4 Å². The maximum absolute atomic E-state index is 9.58. The molecule has 0 amide bonds. The maximum atomic E-state index is 9.58. The molecule has 4 rings (SSSR count). The van der Waals surface area contributed by atoms with Crippen LogP contribution in [-0.2, 0) is 0 Å². The summed E-state index contributed by atoms with van der Waals surface area (Å²) < 4.78 is 0. The molecule has 0 aliphatic rings. The van der Waals surface area contributed by atoms with Crippen LogP contribution in [0.3, 0.4) is 0 Å². The highest BCUT2D eigenvalue weighted by molar-refractivity contribution is 5.92. The number of fused-ring (bicyclic) bond motifs is 2. The lowest BCUT2D eigenvalue weighted by molar-refractivity contribution is 0.475. The van der Waals surface area contributed by atoms with E-state index in [1.807, 2.05) is 24.3 Å². The van der Waals surface area contributed by atoms with Gasteiger partial charge in [0.25, 0.3) is 0 Å². The molecular weight excluding hydrogens is 366 g/mol. The van der Waals surface area contributed by atoms with Gasteiger partial charge in [-0.1, -0.05) is 0 Å². The van der Waals surface area contributed by atoms with Gasteiger partial charge in [-0.2, -0.15) is 0 Å². The smallest absolute Gasteiger partial charge is 0.117 e. The molecular formula is C22H23N5O2. The van der Waals surface area contributed by atoms with Crippen molar-refractivity contribution >= 4 is 33.2 Å². The van der Waals surface area contributed by atoms with Crippen molar-refractivity contribution in [3.63, 3.8) is 0 Å². The summed E-state index contributed by atoms with van der Waals surface area (Å²) in [5.74, 6) is 0.435. The average molecular weight is 389 g/mol. The third-order valence-electron chi connectivity index (χ3n) is 4.69. The summed E-state index contributed by atoms with van der Waals surface area (Å²) in [5, 5.41) is 31.4. The van der Waals surface area contributed by atoms with E-state index in [0.29, 0.717) is 0 Å². The molecule has 0 saturated carbocycles. The average Bonchev–Trinajstić information content (AvgIpc) is 2.72. The lowest BCUT2D eigenvalue weighted by atomic mass is 10.2. The first-order valence-corrected chi connectivity index (χ1v) is 9.55. The lowest BCUT2D eigenvalue weighted by Gasteiger charge is -2.12. The number of aromatic nitrogens is 2. The molecule has 7 heteroatoms. The van der Waals surface area contributed by atoms with Crippen molar-refractivity contribution in [1.82, 2.24) is 15.3 Å². The normalized spacial score (nSPS) is 11.0. The summed E-state index contributed by atoms with van der Waals surface area (Å²) in [6.07, 6.45) is 3.47. The Morgan fingerprint density at radius 1 is 0.621 bits per heavy atom. The molecule has 0 fully saturated rings. The van der Waals surface area contributed by atoms with E-state index in [1.165, 1.54) is 0 Å². The Kier molecular flexibility index (Phi) is 5.58. The minimum absolute atomic E-state index is 0.218. The van der Waals surface area contributed by atoms with Crippen molar-refractivity contribution in [2.75, 3.05) is 36.8 Å². The van der Waals surface area contributed by atoms with Gasteiger partial charge >= 0.3 is 0 Å². The predicted molar refractivity (Wildman–Crippen MR) is 117 cm³/mol. The van der Waals surface area contributed by atoms with Crippen LogP contribution >= 0.6 is 0 Å². The van der Waals surface area contributed by atoms with Crippen LogP contribution in [0.2, 0.25) is 0 Å². The number of benzene rings is 2. The molecule has 0 unspecified atom stereocenters. The molecule has 0 spiro atoms. The SMILES string of the molecule is Oc1ccc2c(NCCNCCNc3ccnc4cc(O)ccc34)ccnc2c1. The molecule has 7 nitrogen and oxygen atoms in total. The number of phenols is 2. The monoisotopic (exact) mass is 389 g/mol. The van der Waals surface area contributed by atoms with Gasteiger partial charge in [0, 0.05) is 72.9 Å². The van der Waals surface area contributed by atoms with Gasteiger partial charge < -0.3 is 26.2 Å². The number of rotatable bonds is 8. The van der Waals surface area contributed by atoms with E-state index in [9.17, 15) is 10.2 Å². The predicted octanol–water partition coefficient (Wildman–Crippen LogP) is 3.31. The number of phenolic OH excluding ortho intramolecular Hbond substituents is 2. The van der Waals surface area contributed by atoms with Gasteiger partial charge in [0.05, 0.1) is 11.0 Å². The van der Waals surface area contributed by atoms with Crippen LogP contribution in [0.4, 0.5) is 11.4 Å². The standard InChI is InChI=1S/C22H23N5O2/c28-15-1-3-17-19(5-7-24-21(17)13-15)26-11-9-23-10-12-27-20-6-8-25-22-14-16(29)2-4-18(20)22/h1-8,13-14,23,28-29H,9-12H2,(H,24,26)(H,25,27). The zero-order valence-corrected chi connectivity index (χ0v) is 15.9. The van der Waals surface area contributed by atoms with Crippen molar-refractivity contribution in [2.45, 2.75) is 0 Å². The fourth-order valence-corrected chi connectivity index (χ4v) is 3.28. The maximum Gasteiger partial charge on any atom is 0.117 e. The van der Waals surface area contributed by atoms with Crippen molar-refractivity contribution in [1.29, 1.82) is 0 Å². The summed E-state index contributed by atoms with van der Waals surface area (Å²) in [6, 6.07) is 14.3. The molecule has 2 aromatic carbocycles. The van der Waals surface area contributed by atoms with E-state index in [4.69, 9.17) is 0 Å². The molecule has 2 heterocycles. The number of pyridine rings is 2. The van der Waals surface area contributed by atoms with Crippen LogP contribution < -0.4 is 16.0 Å². The molecule has 0 radical (unpaired) electrons. The van der Waals surface area contributed by atoms with E-state index < -0.39 is 0 Å². The molecule has 4 aromatic rings. The second-order valence-electron chi connectivity index (χ2n) is 6.72. The fourth-order valence-electron chi connectivity index (χ4n) is 3.28. The first kappa shape index (κ1) is 18.8. The third kappa shape index (κ3) is 4.47. The molecule has 29 heavy (non-hydrogen) atoms. The Labute approximate surface area is 168 Å². The summed E-state index contributed by atoms with van der Waals surface area (Å²) >= 11 is 0. The van der Waals surface area contributed by atoms with Gasteiger partial charge in [-0.05, 0) is 36.4 Å². The minimum atomic E-state index is 0.218. The van der Waals surface area contributed by atoms with Gasteiger partial charge in [-0.25, -0.2) is 0 Å². The topological polar surface area (TPSA) is 102 Å². The zero-order chi connectivity index (χ0) is 20.1. The Hall–Kier alpha value is -3.58. The van der Waals surface area contributed by atoms with Gasteiger partial charge in [0.2, 0.25) is 0 Å². The molecule has 0 aliphatic heterocycles. The molecule has 0 aliphatic carbocycles. The van der Waals surface area contributed by atoms with Crippen LogP contribution in [0.1, 0.15) is 0 Å². The quantitative estimate of drug-likeness (QED) is 0.295. The second-order valence-corrected chi connectivity index (χ2v) is 6.72. The van der Waals surface area contributed by atoms with Gasteiger partial charge in [-0.15, -0.1) is 0 Å².